The number of rotatable bonds is 2. The van der Waals surface area contributed by atoms with E-state index in [-0.39, 0.29) is 5.88 Å². The van der Waals surface area contributed by atoms with E-state index >= 15 is 0 Å². The molecule has 3 nitrogen and oxygen atoms in total. The smallest absolute Gasteiger partial charge is 0.400 e. The van der Waals surface area contributed by atoms with Gasteiger partial charge in [-0.15, -0.1) is 24.8 Å². The molecule has 1 N–H and O–H groups in total. The Kier molecular flexibility index (Phi) is 3.05. The average Bonchev–Trinajstić information content (AvgIpc) is 2.06. The summed E-state index contributed by atoms with van der Waals surface area (Å²) in [4.78, 5) is 13.4. The third-order valence-corrected chi connectivity index (χ3v) is 1.59. The van der Waals surface area contributed by atoms with Crippen LogP contribution in [-0.2, 0) is 5.88 Å². The Morgan fingerprint density at radius 1 is 1.50 bits per heavy atom. The first-order valence-electron chi connectivity index (χ1n) is 3.45. The first kappa shape index (κ1) is 10.9. The van der Waals surface area contributed by atoms with Gasteiger partial charge in [-0.1, -0.05) is 0 Å². The van der Waals surface area contributed by atoms with Gasteiger partial charge in [-0.2, -0.15) is 0 Å². The summed E-state index contributed by atoms with van der Waals surface area (Å²) in [6.07, 6.45) is -4.04. The van der Waals surface area contributed by atoms with Gasteiger partial charge in [0.1, 0.15) is 0 Å². The second-order valence-electron chi connectivity index (χ2n) is 2.37. The van der Waals surface area contributed by atoms with E-state index < -0.39 is 17.5 Å². The van der Waals surface area contributed by atoms with E-state index in [2.05, 4.69) is 9.72 Å². The van der Waals surface area contributed by atoms with Crippen LogP contribution in [0.2, 0.25) is 0 Å². The summed E-state index contributed by atoms with van der Waals surface area (Å²) < 4.78 is 38.6. The van der Waals surface area contributed by atoms with E-state index in [9.17, 15) is 18.0 Å². The fraction of sp³-hybridized carbons (Fsp3) is 0.286. The van der Waals surface area contributed by atoms with E-state index in [0.29, 0.717) is 5.69 Å². The van der Waals surface area contributed by atoms with E-state index in [0.717, 1.165) is 12.3 Å². The van der Waals surface area contributed by atoms with Crippen molar-refractivity contribution in [3.8, 4) is 5.75 Å². The highest BCUT2D eigenvalue weighted by Crippen LogP contribution is 2.18. The Labute approximate surface area is 81.5 Å². The first-order valence-corrected chi connectivity index (χ1v) is 3.99. The summed E-state index contributed by atoms with van der Waals surface area (Å²) >= 11 is 5.35. The van der Waals surface area contributed by atoms with Crippen LogP contribution in [0.25, 0.3) is 0 Å². The van der Waals surface area contributed by atoms with Gasteiger partial charge in [-0.05, 0) is 0 Å². The highest BCUT2D eigenvalue weighted by atomic mass is 35.5. The number of hydrogen-bond acceptors (Lipinski definition) is 2. The van der Waals surface area contributed by atoms with E-state index in [4.69, 9.17) is 11.6 Å². The molecule has 0 unspecified atom stereocenters. The molecule has 1 aromatic rings. The van der Waals surface area contributed by atoms with Crippen molar-refractivity contribution in [3.63, 3.8) is 0 Å². The molecule has 0 amide bonds. The highest BCUT2D eigenvalue weighted by molar-refractivity contribution is 6.16. The van der Waals surface area contributed by atoms with Gasteiger partial charge in [0.15, 0.2) is 5.75 Å². The third-order valence-electron chi connectivity index (χ3n) is 1.31. The van der Waals surface area contributed by atoms with Crippen LogP contribution in [0.3, 0.4) is 0 Å². The maximum absolute atomic E-state index is 11.7. The largest absolute Gasteiger partial charge is 0.573 e. The topological polar surface area (TPSA) is 42.1 Å². The van der Waals surface area contributed by atoms with Crippen molar-refractivity contribution in [1.29, 1.82) is 0 Å². The number of aromatic amines is 1. The summed E-state index contributed by atoms with van der Waals surface area (Å²) in [5.41, 5.74) is -0.539. The number of ether oxygens (including phenoxy) is 1. The molecule has 0 aliphatic rings. The predicted octanol–water partition coefficient (Wildman–Crippen LogP) is 2.01. The molecular weight excluding hydrogens is 223 g/mol. The predicted molar refractivity (Wildman–Crippen MR) is 43.3 cm³/mol. The minimum Gasteiger partial charge on any atom is -0.400 e. The van der Waals surface area contributed by atoms with Crippen LogP contribution in [0.4, 0.5) is 13.2 Å². The lowest BCUT2D eigenvalue weighted by Crippen LogP contribution is -2.21. The second kappa shape index (κ2) is 3.91. The Balaban J connectivity index is 2.96. The number of alkyl halides is 4. The molecule has 0 aromatic carbocycles. The van der Waals surface area contributed by atoms with Crippen LogP contribution in [0.5, 0.6) is 5.75 Å². The van der Waals surface area contributed by atoms with Gasteiger partial charge in [0.25, 0.3) is 0 Å². The molecule has 1 heterocycles. The fourth-order valence-corrected chi connectivity index (χ4v) is 0.936. The molecule has 0 spiro atoms. The summed E-state index contributed by atoms with van der Waals surface area (Å²) in [5, 5.41) is 0. The van der Waals surface area contributed by atoms with Crippen LogP contribution in [0.15, 0.2) is 17.1 Å². The van der Waals surface area contributed by atoms with E-state index in [1.165, 1.54) is 0 Å². The summed E-state index contributed by atoms with van der Waals surface area (Å²) in [7, 11) is 0. The van der Waals surface area contributed by atoms with E-state index in [1.807, 2.05) is 0 Å². The Hall–Kier alpha value is -1.17. The van der Waals surface area contributed by atoms with Crippen molar-refractivity contribution in [2.24, 2.45) is 0 Å². The number of H-pyrrole nitrogens is 1. The fourth-order valence-electron chi connectivity index (χ4n) is 0.782. The summed E-state index contributed by atoms with van der Waals surface area (Å²) in [6.45, 7) is 0. The van der Waals surface area contributed by atoms with Crippen molar-refractivity contribution in [2.45, 2.75) is 12.2 Å². The van der Waals surface area contributed by atoms with Gasteiger partial charge < -0.3 is 9.72 Å². The highest BCUT2D eigenvalue weighted by Gasteiger charge is 2.32. The van der Waals surface area contributed by atoms with Gasteiger partial charge in [-0.25, -0.2) is 0 Å². The molecule has 0 fully saturated rings. The number of halogens is 4. The monoisotopic (exact) mass is 227 g/mol. The second-order valence-corrected chi connectivity index (χ2v) is 2.64. The Morgan fingerprint density at radius 3 is 2.57 bits per heavy atom. The van der Waals surface area contributed by atoms with Crippen molar-refractivity contribution >= 4 is 11.6 Å². The molecule has 14 heavy (non-hydrogen) atoms. The average molecular weight is 228 g/mol. The lowest BCUT2D eigenvalue weighted by Gasteiger charge is -2.07. The zero-order valence-electron chi connectivity index (χ0n) is 6.69. The van der Waals surface area contributed by atoms with E-state index in [1.54, 1.807) is 0 Å². The lowest BCUT2D eigenvalue weighted by atomic mass is 10.3. The SMILES string of the molecule is O=c1cc(CCl)[nH]cc1OC(F)(F)F. The van der Waals surface area contributed by atoms with Gasteiger partial charge in [-0.3, -0.25) is 4.79 Å². The third kappa shape index (κ3) is 2.95. The first-order chi connectivity index (χ1) is 6.42. The number of nitrogens with one attached hydrogen (secondary N) is 1. The van der Waals surface area contributed by atoms with Crippen LogP contribution in [0, 0.1) is 0 Å². The Bertz CT molecular complexity index is 374. The molecule has 1 aromatic heterocycles. The van der Waals surface area contributed by atoms with Crippen LogP contribution in [-0.4, -0.2) is 11.3 Å². The van der Waals surface area contributed by atoms with Crippen molar-refractivity contribution in [3.05, 3.63) is 28.2 Å². The van der Waals surface area contributed by atoms with Crippen molar-refractivity contribution in [1.82, 2.24) is 4.98 Å². The van der Waals surface area contributed by atoms with Gasteiger partial charge >= 0.3 is 6.36 Å². The molecule has 0 radical (unpaired) electrons. The maximum atomic E-state index is 11.7. The molecule has 78 valence electrons. The molecule has 0 aliphatic carbocycles. The number of aromatic nitrogens is 1. The molecular formula is C7H5ClF3NO2. The standard InChI is InChI=1S/C7H5ClF3NO2/c8-2-4-1-5(13)6(3-12-4)14-7(9,10)11/h1,3H,2H2,(H,12,13). The normalized spacial score (nSPS) is 11.4. The maximum Gasteiger partial charge on any atom is 0.573 e. The number of hydrogen-bond donors (Lipinski definition) is 1. The minimum atomic E-state index is -4.87. The van der Waals surface area contributed by atoms with Gasteiger partial charge in [0.2, 0.25) is 5.43 Å². The molecule has 0 saturated carbocycles. The quantitative estimate of drug-likeness (QED) is 0.786. The molecule has 1 rings (SSSR count). The molecule has 0 saturated heterocycles. The molecule has 7 heteroatoms. The van der Waals surface area contributed by atoms with Crippen molar-refractivity contribution < 1.29 is 17.9 Å². The van der Waals surface area contributed by atoms with Crippen LogP contribution >= 0.6 is 11.6 Å². The van der Waals surface area contributed by atoms with Crippen molar-refractivity contribution in [2.75, 3.05) is 0 Å². The van der Waals surface area contributed by atoms with Gasteiger partial charge in [0.05, 0.1) is 5.88 Å². The zero-order valence-corrected chi connectivity index (χ0v) is 7.45. The lowest BCUT2D eigenvalue weighted by molar-refractivity contribution is -0.275. The number of pyridine rings is 1. The molecule has 0 bridgehead atoms. The minimum absolute atomic E-state index is 0.0154. The van der Waals surface area contributed by atoms with Crippen LogP contribution < -0.4 is 10.2 Å². The summed E-state index contributed by atoms with van der Waals surface area (Å²) in [6, 6.07) is 0.952. The summed E-state index contributed by atoms with van der Waals surface area (Å²) in [5.74, 6) is -0.784. The Morgan fingerprint density at radius 2 is 2.14 bits per heavy atom. The molecule has 0 aliphatic heterocycles. The van der Waals surface area contributed by atoms with Gasteiger partial charge in [0, 0.05) is 18.0 Å². The zero-order chi connectivity index (χ0) is 10.8. The van der Waals surface area contributed by atoms with Crippen LogP contribution in [0.1, 0.15) is 5.69 Å². The molecule has 0 atom stereocenters.